The van der Waals surface area contributed by atoms with Gasteiger partial charge in [-0.2, -0.15) is 0 Å². The molecule has 0 saturated carbocycles. The average molecular weight is 319 g/mol. The molecule has 0 aliphatic rings. The number of anilines is 1. The number of ether oxygens (including phenoxy) is 2. The van der Waals surface area contributed by atoms with Gasteiger partial charge in [0.1, 0.15) is 10.8 Å². The molecular formula is C16H17NO4S. The second-order valence-corrected chi connectivity index (χ2v) is 5.66. The van der Waals surface area contributed by atoms with E-state index in [1.165, 1.54) is 18.4 Å². The van der Waals surface area contributed by atoms with Gasteiger partial charge in [-0.1, -0.05) is 12.1 Å². The molecule has 1 aromatic carbocycles. The molecule has 2 rings (SSSR count). The number of hydrogen-bond donors (Lipinski definition) is 1. The Balaban J connectivity index is 2.21. The van der Waals surface area contributed by atoms with E-state index in [1.807, 2.05) is 24.3 Å². The third kappa shape index (κ3) is 3.28. The number of rotatable bonds is 6. The first kappa shape index (κ1) is 16.0. The largest absolute Gasteiger partial charge is 0.497 e. The molecule has 0 aliphatic heterocycles. The molecule has 0 radical (unpaired) electrons. The number of aldehydes is 1. The molecule has 0 amide bonds. The van der Waals surface area contributed by atoms with Crippen molar-refractivity contribution in [3.63, 3.8) is 0 Å². The van der Waals surface area contributed by atoms with E-state index < -0.39 is 5.97 Å². The van der Waals surface area contributed by atoms with Crippen LogP contribution in [0.15, 0.2) is 24.3 Å². The second-order valence-electron chi connectivity index (χ2n) is 4.61. The summed E-state index contributed by atoms with van der Waals surface area (Å²) in [6.45, 7) is 2.28. The van der Waals surface area contributed by atoms with E-state index in [-0.39, 0.29) is 0 Å². The second kappa shape index (κ2) is 7.09. The standard InChI is InChI=1S/C16H17NO4S/c1-10-13(9-18)22-15(14(10)16(19)21-3)17-8-11-4-6-12(20-2)7-5-11/h4-7,9,17H,8H2,1-3H3. The van der Waals surface area contributed by atoms with Crippen molar-refractivity contribution < 1.29 is 19.1 Å². The highest BCUT2D eigenvalue weighted by molar-refractivity contribution is 7.18. The van der Waals surface area contributed by atoms with Gasteiger partial charge in [0.15, 0.2) is 6.29 Å². The van der Waals surface area contributed by atoms with Crippen LogP contribution in [0.5, 0.6) is 5.75 Å². The SMILES string of the molecule is COC(=O)c1c(NCc2ccc(OC)cc2)sc(C=O)c1C. The zero-order valence-electron chi connectivity index (χ0n) is 12.6. The summed E-state index contributed by atoms with van der Waals surface area (Å²) in [4.78, 5) is 23.5. The van der Waals surface area contributed by atoms with Gasteiger partial charge in [-0.05, 0) is 30.2 Å². The van der Waals surface area contributed by atoms with Crippen molar-refractivity contribution in [2.24, 2.45) is 0 Å². The number of benzene rings is 1. The molecule has 0 spiro atoms. The van der Waals surface area contributed by atoms with Crippen molar-refractivity contribution in [1.29, 1.82) is 0 Å². The first-order valence-corrected chi connectivity index (χ1v) is 7.46. The van der Waals surface area contributed by atoms with Gasteiger partial charge in [-0.25, -0.2) is 4.79 Å². The lowest BCUT2D eigenvalue weighted by atomic mass is 10.1. The molecule has 0 unspecified atom stereocenters. The third-order valence-electron chi connectivity index (χ3n) is 3.29. The van der Waals surface area contributed by atoms with Crippen LogP contribution in [-0.4, -0.2) is 26.5 Å². The monoisotopic (exact) mass is 319 g/mol. The van der Waals surface area contributed by atoms with Gasteiger partial charge in [0.2, 0.25) is 0 Å². The zero-order chi connectivity index (χ0) is 16.1. The molecule has 22 heavy (non-hydrogen) atoms. The zero-order valence-corrected chi connectivity index (χ0v) is 13.5. The minimum atomic E-state index is -0.445. The number of hydrogen-bond acceptors (Lipinski definition) is 6. The Morgan fingerprint density at radius 3 is 2.50 bits per heavy atom. The van der Waals surface area contributed by atoms with Gasteiger partial charge in [-0.15, -0.1) is 11.3 Å². The number of methoxy groups -OCH3 is 2. The van der Waals surface area contributed by atoms with E-state index >= 15 is 0 Å². The maximum Gasteiger partial charge on any atom is 0.341 e. The Hall–Kier alpha value is -2.34. The quantitative estimate of drug-likeness (QED) is 0.654. The fourth-order valence-electron chi connectivity index (χ4n) is 2.04. The number of esters is 1. The third-order valence-corrected chi connectivity index (χ3v) is 4.47. The highest BCUT2D eigenvalue weighted by atomic mass is 32.1. The molecule has 2 aromatic rings. The smallest absolute Gasteiger partial charge is 0.341 e. The minimum absolute atomic E-state index is 0.420. The van der Waals surface area contributed by atoms with Gasteiger partial charge in [0.25, 0.3) is 0 Å². The fraction of sp³-hybridized carbons (Fsp3) is 0.250. The first-order chi connectivity index (χ1) is 10.6. The van der Waals surface area contributed by atoms with Crippen LogP contribution in [0.3, 0.4) is 0 Å². The Labute approximate surface area is 132 Å². The minimum Gasteiger partial charge on any atom is -0.497 e. The number of carbonyl (C=O) groups excluding carboxylic acids is 2. The van der Waals surface area contributed by atoms with Gasteiger partial charge in [-0.3, -0.25) is 4.79 Å². The molecule has 1 heterocycles. The molecule has 0 saturated heterocycles. The topological polar surface area (TPSA) is 64.6 Å². The van der Waals surface area contributed by atoms with Crippen molar-refractivity contribution in [2.45, 2.75) is 13.5 Å². The lowest BCUT2D eigenvalue weighted by Gasteiger charge is -2.08. The highest BCUT2D eigenvalue weighted by Crippen LogP contribution is 2.33. The van der Waals surface area contributed by atoms with Crippen LogP contribution in [0.4, 0.5) is 5.00 Å². The molecule has 0 fully saturated rings. The van der Waals surface area contributed by atoms with Crippen LogP contribution in [0.1, 0.15) is 31.2 Å². The Kier molecular flexibility index (Phi) is 5.16. The van der Waals surface area contributed by atoms with Crippen molar-refractivity contribution >= 4 is 28.6 Å². The van der Waals surface area contributed by atoms with Crippen LogP contribution in [0, 0.1) is 6.92 Å². The van der Waals surface area contributed by atoms with Crippen LogP contribution in [0.2, 0.25) is 0 Å². The molecule has 116 valence electrons. The summed E-state index contributed by atoms with van der Waals surface area (Å²) in [7, 11) is 2.94. The first-order valence-electron chi connectivity index (χ1n) is 6.64. The Bertz CT molecular complexity index is 676. The molecule has 0 aliphatic carbocycles. The predicted molar refractivity (Wildman–Crippen MR) is 86.1 cm³/mol. The number of nitrogens with one attached hydrogen (secondary N) is 1. The summed E-state index contributed by atoms with van der Waals surface area (Å²) in [5, 5.41) is 3.84. The van der Waals surface area contributed by atoms with E-state index in [9.17, 15) is 9.59 Å². The van der Waals surface area contributed by atoms with Crippen LogP contribution in [-0.2, 0) is 11.3 Å². The lowest BCUT2D eigenvalue weighted by molar-refractivity contribution is 0.0601. The molecule has 6 heteroatoms. The van der Waals surface area contributed by atoms with Crippen molar-refractivity contribution in [3.05, 3.63) is 45.8 Å². The van der Waals surface area contributed by atoms with Crippen LogP contribution < -0.4 is 10.1 Å². The van der Waals surface area contributed by atoms with Crippen molar-refractivity contribution in [1.82, 2.24) is 0 Å². The van der Waals surface area contributed by atoms with E-state index in [0.717, 1.165) is 17.6 Å². The van der Waals surface area contributed by atoms with Crippen LogP contribution >= 0.6 is 11.3 Å². The summed E-state index contributed by atoms with van der Waals surface area (Å²) >= 11 is 1.25. The average Bonchev–Trinajstić information content (AvgIpc) is 2.88. The lowest BCUT2D eigenvalue weighted by Crippen LogP contribution is -2.07. The van der Waals surface area contributed by atoms with E-state index in [0.29, 0.717) is 27.5 Å². The van der Waals surface area contributed by atoms with Crippen molar-refractivity contribution in [2.75, 3.05) is 19.5 Å². The summed E-state index contributed by atoms with van der Waals surface area (Å²) < 4.78 is 9.91. The summed E-state index contributed by atoms with van der Waals surface area (Å²) in [5.74, 6) is 0.341. The highest BCUT2D eigenvalue weighted by Gasteiger charge is 2.21. The molecule has 5 nitrogen and oxygen atoms in total. The molecule has 1 N–H and O–H groups in total. The Morgan fingerprint density at radius 2 is 1.95 bits per heavy atom. The van der Waals surface area contributed by atoms with Crippen LogP contribution in [0.25, 0.3) is 0 Å². The van der Waals surface area contributed by atoms with Gasteiger partial charge in [0, 0.05) is 6.54 Å². The van der Waals surface area contributed by atoms with Gasteiger partial charge < -0.3 is 14.8 Å². The fourth-order valence-corrected chi connectivity index (χ4v) is 3.05. The molecule has 0 bridgehead atoms. The summed E-state index contributed by atoms with van der Waals surface area (Å²) in [6, 6.07) is 7.61. The number of thiophene rings is 1. The molecular weight excluding hydrogens is 302 g/mol. The van der Waals surface area contributed by atoms with E-state index in [2.05, 4.69) is 5.32 Å². The van der Waals surface area contributed by atoms with Crippen molar-refractivity contribution in [3.8, 4) is 5.75 Å². The summed E-state index contributed by atoms with van der Waals surface area (Å²) in [6.07, 6.45) is 0.755. The molecule has 1 aromatic heterocycles. The van der Waals surface area contributed by atoms with Gasteiger partial charge >= 0.3 is 5.97 Å². The predicted octanol–water partition coefficient (Wildman–Crippen LogP) is 3.28. The summed E-state index contributed by atoms with van der Waals surface area (Å²) in [5.41, 5.74) is 2.10. The maximum atomic E-state index is 11.9. The van der Waals surface area contributed by atoms with Gasteiger partial charge in [0.05, 0.1) is 24.7 Å². The molecule has 0 atom stereocenters. The Morgan fingerprint density at radius 1 is 1.27 bits per heavy atom. The normalized spacial score (nSPS) is 10.1. The van der Waals surface area contributed by atoms with E-state index in [4.69, 9.17) is 9.47 Å². The van der Waals surface area contributed by atoms with E-state index in [1.54, 1.807) is 14.0 Å². The maximum absolute atomic E-state index is 11.9. The number of carbonyl (C=O) groups is 2.